The van der Waals surface area contributed by atoms with E-state index < -0.39 is 64.9 Å². The van der Waals surface area contributed by atoms with Crippen molar-refractivity contribution in [2.45, 2.75) is 20.4 Å². The third kappa shape index (κ3) is 3.33. The van der Waals surface area contributed by atoms with E-state index in [4.69, 9.17) is 4.42 Å². The van der Waals surface area contributed by atoms with E-state index in [-0.39, 0.29) is 5.76 Å². The second-order valence-corrected chi connectivity index (χ2v) is 6.61. The number of hydrogen-bond donors (Lipinski definition) is 4. The minimum atomic E-state index is -2.35. The van der Waals surface area contributed by atoms with Gasteiger partial charge in [0, 0.05) is 5.70 Å². The van der Waals surface area contributed by atoms with Crippen molar-refractivity contribution in [3.8, 4) is 0 Å². The molecule has 0 saturated heterocycles. The quantitative estimate of drug-likeness (QED) is 0.451. The maximum atomic E-state index is 12.9. The highest BCUT2D eigenvalue weighted by atomic mass is 16.4. The summed E-state index contributed by atoms with van der Waals surface area (Å²) in [6, 6.07) is 2.92. The lowest BCUT2D eigenvalue weighted by molar-refractivity contribution is -0.156. The molecule has 2 rings (SSSR count). The molecule has 28 heavy (non-hydrogen) atoms. The number of carboxylic acids is 4. The summed E-state index contributed by atoms with van der Waals surface area (Å²) in [5.41, 5.74) is -3.06. The van der Waals surface area contributed by atoms with Gasteiger partial charge in [-0.25, -0.2) is 0 Å². The number of rotatable bonds is 8. The van der Waals surface area contributed by atoms with E-state index in [9.17, 15) is 44.4 Å². The Morgan fingerprint density at radius 3 is 1.89 bits per heavy atom. The van der Waals surface area contributed by atoms with Crippen LogP contribution in [-0.2, 0) is 30.5 Å². The monoisotopic (exact) mass is 395 g/mol. The van der Waals surface area contributed by atoms with Crippen LogP contribution in [-0.4, -0.2) is 55.1 Å². The van der Waals surface area contributed by atoms with Crippen LogP contribution in [0.4, 0.5) is 0 Å². The van der Waals surface area contributed by atoms with Crippen LogP contribution in [0.3, 0.4) is 0 Å². The highest BCUT2D eigenvalue weighted by molar-refractivity contribution is 6.05. The van der Waals surface area contributed by atoms with Crippen molar-refractivity contribution < 1.29 is 48.8 Å². The lowest BCUT2D eigenvalue weighted by atomic mass is 9.76. The van der Waals surface area contributed by atoms with E-state index >= 15 is 0 Å². The molecule has 0 bridgehead atoms. The average Bonchev–Trinajstić information content (AvgIpc) is 3.11. The number of hydrogen-bond acceptors (Lipinski definition) is 6. The fourth-order valence-electron chi connectivity index (χ4n) is 3.26. The van der Waals surface area contributed by atoms with Gasteiger partial charge < -0.3 is 29.7 Å². The Morgan fingerprint density at radius 2 is 1.50 bits per heavy atom. The van der Waals surface area contributed by atoms with Gasteiger partial charge in [-0.3, -0.25) is 24.0 Å². The highest BCUT2D eigenvalue weighted by Crippen LogP contribution is 2.47. The molecule has 2 heterocycles. The van der Waals surface area contributed by atoms with Crippen LogP contribution in [0.5, 0.6) is 0 Å². The van der Waals surface area contributed by atoms with E-state index in [0.717, 1.165) is 4.90 Å². The van der Waals surface area contributed by atoms with Gasteiger partial charge in [-0.2, -0.15) is 0 Å². The maximum Gasteiger partial charge on any atom is 0.324 e. The SMILES string of the molecule is CC1(C)C(=O)N(Cc2ccco2)C(C(C(=O)O)C(=O)O)=C1C(C(=O)O)C(=O)O. The van der Waals surface area contributed by atoms with Crippen LogP contribution in [0.25, 0.3) is 0 Å². The van der Waals surface area contributed by atoms with Gasteiger partial charge in [0.05, 0.1) is 18.2 Å². The van der Waals surface area contributed by atoms with Gasteiger partial charge in [0.2, 0.25) is 5.91 Å². The molecule has 4 N–H and O–H groups in total. The Bertz CT molecular complexity index is 852. The number of furan rings is 1. The van der Waals surface area contributed by atoms with Crippen LogP contribution < -0.4 is 0 Å². The predicted octanol–water partition coefficient (Wildman–Crippen LogP) is 0.473. The molecule has 0 atom stereocenters. The van der Waals surface area contributed by atoms with Crippen molar-refractivity contribution in [1.29, 1.82) is 0 Å². The number of carboxylic acid groups (broad SMARTS) is 4. The summed E-state index contributed by atoms with van der Waals surface area (Å²) in [5, 5.41) is 37.6. The summed E-state index contributed by atoms with van der Waals surface area (Å²) in [4.78, 5) is 60.2. The van der Waals surface area contributed by atoms with Crippen LogP contribution >= 0.6 is 0 Å². The molecule has 1 aliphatic rings. The summed E-state index contributed by atoms with van der Waals surface area (Å²) in [5.74, 6) is -12.8. The highest BCUT2D eigenvalue weighted by Gasteiger charge is 2.56. The molecule has 1 aromatic rings. The Kier molecular flexibility index (Phi) is 5.30. The van der Waals surface area contributed by atoms with Gasteiger partial charge in [0.1, 0.15) is 5.76 Å². The minimum Gasteiger partial charge on any atom is -0.480 e. The van der Waals surface area contributed by atoms with Gasteiger partial charge >= 0.3 is 23.9 Å². The predicted molar refractivity (Wildman–Crippen MR) is 87.6 cm³/mol. The second kappa shape index (κ2) is 7.18. The largest absolute Gasteiger partial charge is 0.480 e. The molecule has 0 radical (unpaired) electrons. The minimum absolute atomic E-state index is 0.166. The second-order valence-electron chi connectivity index (χ2n) is 6.61. The lowest BCUT2D eigenvalue weighted by Crippen LogP contribution is -2.37. The zero-order valence-corrected chi connectivity index (χ0v) is 14.8. The van der Waals surface area contributed by atoms with Gasteiger partial charge in [0.15, 0.2) is 11.8 Å². The molecule has 0 aliphatic carbocycles. The lowest BCUT2D eigenvalue weighted by Gasteiger charge is -2.23. The van der Waals surface area contributed by atoms with Crippen molar-refractivity contribution >= 4 is 29.8 Å². The van der Waals surface area contributed by atoms with Gasteiger partial charge in [0.25, 0.3) is 0 Å². The molecule has 0 spiro atoms. The maximum absolute atomic E-state index is 12.9. The van der Waals surface area contributed by atoms with Crippen molar-refractivity contribution in [2.75, 3.05) is 0 Å². The Morgan fingerprint density at radius 1 is 1.00 bits per heavy atom. The average molecular weight is 395 g/mol. The number of nitrogens with zero attached hydrogens (tertiary/aromatic N) is 1. The summed E-state index contributed by atoms with van der Waals surface area (Å²) < 4.78 is 5.11. The van der Waals surface area contributed by atoms with E-state index in [1.165, 1.54) is 32.2 Å². The van der Waals surface area contributed by atoms with Crippen molar-refractivity contribution in [1.82, 2.24) is 4.90 Å². The molecule has 1 amide bonds. The molecule has 11 heteroatoms. The van der Waals surface area contributed by atoms with Gasteiger partial charge in [-0.15, -0.1) is 0 Å². The van der Waals surface area contributed by atoms with Crippen LogP contribution in [0.2, 0.25) is 0 Å². The first kappa shape index (κ1) is 20.7. The van der Waals surface area contributed by atoms with Gasteiger partial charge in [-0.1, -0.05) is 0 Å². The molecular weight excluding hydrogens is 378 g/mol. The number of carbonyl (C=O) groups is 5. The molecule has 11 nitrogen and oxygen atoms in total. The normalized spacial score (nSPS) is 16.1. The first-order valence-corrected chi connectivity index (χ1v) is 7.91. The summed E-state index contributed by atoms with van der Waals surface area (Å²) in [6.45, 7) is 2.04. The number of carbonyl (C=O) groups excluding carboxylic acids is 1. The standard InChI is InChI=1S/C17H17NO10/c1-17(2)10(8(12(19)20)13(21)22)11(9(14(23)24)15(25)26)18(16(17)27)6-7-4-3-5-28-7/h3-5,8-9H,6H2,1-2H3,(H,19,20)(H,21,22)(H,23,24)(H,25,26). The molecular formula is C17H17NO10. The number of aliphatic carboxylic acids is 4. The molecule has 0 fully saturated rings. The molecule has 0 saturated carbocycles. The van der Waals surface area contributed by atoms with Gasteiger partial charge in [-0.05, 0) is 31.6 Å². The van der Waals surface area contributed by atoms with E-state index in [2.05, 4.69) is 0 Å². The smallest absolute Gasteiger partial charge is 0.324 e. The molecule has 0 aromatic carbocycles. The fraction of sp³-hybridized carbons (Fsp3) is 0.353. The summed E-state index contributed by atoms with van der Waals surface area (Å²) in [7, 11) is 0. The van der Waals surface area contributed by atoms with E-state index in [1.54, 1.807) is 0 Å². The van der Waals surface area contributed by atoms with Crippen molar-refractivity contribution in [2.24, 2.45) is 17.3 Å². The molecule has 1 aromatic heterocycles. The fourth-order valence-corrected chi connectivity index (χ4v) is 3.26. The number of amides is 1. The molecule has 150 valence electrons. The third-order valence-electron chi connectivity index (χ3n) is 4.46. The Labute approximate surface area is 157 Å². The Hall–Kier alpha value is -3.63. The van der Waals surface area contributed by atoms with Crippen LogP contribution in [0.1, 0.15) is 19.6 Å². The van der Waals surface area contributed by atoms with Crippen LogP contribution in [0, 0.1) is 17.3 Å². The van der Waals surface area contributed by atoms with Crippen LogP contribution in [0.15, 0.2) is 34.1 Å². The zero-order valence-electron chi connectivity index (χ0n) is 14.8. The summed E-state index contributed by atoms with van der Waals surface area (Å²) in [6.07, 6.45) is 1.27. The van der Waals surface area contributed by atoms with E-state index in [0.29, 0.717) is 0 Å². The van der Waals surface area contributed by atoms with Crippen molar-refractivity contribution in [3.63, 3.8) is 0 Å². The zero-order chi connectivity index (χ0) is 21.4. The molecule has 1 aliphatic heterocycles. The first-order chi connectivity index (χ1) is 12.9. The first-order valence-electron chi connectivity index (χ1n) is 7.91. The van der Waals surface area contributed by atoms with Crippen molar-refractivity contribution in [3.05, 3.63) is 35.4 Å². The molecule has 0 unspecified atom stereocenters. The third-order valence-corrected chi connectivity index (χ3v) is 4.46. The van der Waals surface area contributed by atoms with E-state index in [1.807, 2.05) is 0 Å². The topological polar surface area (TPSA) is 183 Å². The summed E-state index contributed by atoms with van der Waals surface area (Å²) >= 11 is 0. The Balaban J connectivity index is 2.83.